The zero-order chi connectivity index (χ0) is 24.0. The topological polar surface area (TPSA) is 122 Å². The Kier molecular flexibility index (Phi) is 7.74. The van der Waals surface area contributed by atoms with E-state index in [9.17, 15) is 18.5 Å². The molecule has 168 valence electrons. The summed E-state index contributed by atoms with van der Waals surface area (Å²) in [4.78, 5) is 12.4. The van der Waals surface area contributed by atoms with E-state index < -0.39 is 15.9 Å². The lowest BCUT2D eigenvalue weighted by Gasteiger charge is -2.11. The third-order valence-corrected chi connectivity index (χ3v) is 5.85. The first kappa shape index (κ1) is 24.3. The molecule has 0 spiro atoms. The molecular weight excluding hydrogens is 485 g/mol. The first-order chi connectivity index (χ1) is 15.7. The molecule has 0 aliphatic heterocycles. The van der Waals surface area contributed by atoms with Crippen LogP contribution in [0.3, 0.4) is 0 Å². The number of hydrogen-bond donors (Lipinski definition) is 2. The number of amides is 1. The van der Waals surface area contributed by atoms with Crippen LogP contribution in [0.1, 0.15) is 11.1 Å². The summed E-state index contributed by atoms with van der Waals surface area (Å²) >= 11 is 12.6. The summed E-state index contributed by atoms with van der Waals surface area (Å²) in [7, 11) is -3.85. The van der Waals surface area contributed by atoms with Gasteiger partial charge in [0.15, 0.2) is 5.75 Å². The summed E-state index contributed by atoms with van der Waals surface area (Å²) in [5.41, 5.74) is 1.44. The van der Waals surface area contributed by atoms with Gasteiger partial charge < -0.3 is 10.1 Å². The third kappa shape index (κ3) is 6.57. The Labute approximate surface area is 201 Å². The van der Waals surface area contributed by atoms with E-state index in [1.54, 1.807) is 0 Å². The van der Waals surface area contributed by atoms with Crippen LogP contribution in [0.15, 0.2) is 77.2 Å². The van der Waals surface area contributed by atoms with E-state index in [2.05, 4.69) is 5.32 Å². The average Bonchev–Trinajstić information content (AvgIpc) is 2.77. The summed E-state index contributed by atoms with van der Waals surface area (Å²) in [6.07, 6.45) is 1.33. The van der Waals surface area contributed by atoms with Gasteiger partial charge in [-0.05, 0) is 53.6 Å². The maximum absolute atomic E-state index is 12.5. The van der Waals surface area contributed by atoms with Crippen LogP contribution >= 0.6 is 23.2 Å². The fraction of sp³-hybridized carbons (Fsp3) is 0.0435. The van der Waals surface area contributed by atoms with Crippen molar-refractivity contribution < 1.29 is 17.9 Å². The highest BCUT2D eigenvalue weighted by Crippen LogP contribution is 2.35. The van der Waals surface area contributed by atoms with E-state index in [1.165, 1.54) is 42.5 Å². The molecule has 33 heavy (non-hydrogen) atoms. The number of halogens is 2. The van der Waals surface area contributed by atoms with E-state index in [4.69, 9.17) is 33.1 Å². The van der Waals surface area contributed by atoms with Crippen molar-refractivity contribution in [3.63, 3.8) is 0 Å². The van der Waals surface area contributed by atoms with E-state index in [1.807, 2.05) is 36.4 Å². The molecule has 0 saturated carbocycles. The molecule has 0 unspecified atom stereocenters. The maximum Gasteiger partial charge on any atom is 0.266 e. The highest BCUT2D eigenvalue weighted by molar-refractivity contribution is 7.89. The van der Waals surface area contributed by atoms with Crippen LogP contribution in [0.25, 0.3) is 6.08 Å². The quantitative estimate of drug-likeness (QED) is 0.356. The maximum atomic E-state index is 12.5. The number of primary sulfonamides is 1. The first-order valence-corrected chi connectivity index (χ1v) is 11.7. The van der Waals surface area contributed by atoms with Gasteiger partial charge in [-0.3, -0.25) is 4.79 Å². The summed E-state index contributed by atoms with van der Waals surface area (Å²) in [6.45, 7) is 0.269. The van der Waals surface area contributed by atoms with E-state index in [0.717, 1.165) is 5.56 Å². The van der Waals surface area contributed by atoms with Crippen molar-refractivity contribution in [2.75, 3.05) is 5.32 Å². The summed E-state index contributed by atoms with van der Waals surface area (Å²) in [6, 6.07) is 19.6. The number of rotatable bonds is 7. The van der Waals surface area contributed by atoms with E-state index >= 15 is 0 Å². The standard InChI is InChI=1S/C23H17Cl2N3O4S/c24-20-11-16(12-21(25)22(20)32-14-15-4-2-1-3-5-15)10-17(13-26)23(29)28-18-6-8-19(9-7-18)33(27,30)31/h1-12H,14H2,(H,28,29)(H2,27,30,31). The summed E-state index contributed by atoms with van der Waals surface area (Å²) in [5.74, 6) is -0.408. The van der Waals surface area contributed by atoms with Crippen molar-refractivity contribution in [2.45, 2.75) is 11.5 Å². The second-order valence-electron chi connectivity index (χ2n) is 6.78. The predicted octanol–water partition coefficient (Wildman–Crippen LogP) is 4.77. The van der Waals surface area contributed by atoms with Crippen molar-refractivity contribution in [3.05, 3.63) is 93.5 Å². The van der Waals surface area contributed by atoms with Crippen LogP contribution in [0.4, 0.5) is 5.69 Å². The fourth-order valence-corrected chi connectivity index (χ4v) is 3.90. The first-order valence-electron chi connectivity index (χ1n) is 9.39. The number of carbonyl (C=O) groups excluding carboxylic acids is 1. The Morgan fingerprint density at radius 1 is 1.06 bits per heavy atom. The fourth-order valence-electron chi connectivity index (χ4n) is 2.77. The van der Waals surface area contributed by atoms with Gasteiger partial charge in [0.05, 0.1) is 14.9 Å². The van der Waals surface area contributed by atoms with Gasteiger partial charge in [0.1, 0.15) is 18.2 Å². The van der Waals surface area contributed by atoms with Crippen LogP contribution in [0.2, 0.25) is 10.0 Å². The van der Waals surface area contributed by atoms with Crippen LogP contribution < -0.4 is 15.2 Å². The SMILES string of the molecule is N#CC(=Cc1cc(Cl)c(OCc2ccccc2)c(Cl)c1)C(=O)Nc1ccc(S(N)(=O)=O)cc1. The Balaban J connectivity index is 1.76. The average molecular weight is 502 g/mol. The number of hydrogen-bond acceptors (Lipinski definition) is 5. The van der Waals surface area contributed by atoms with Gasteiger partial charge in [0, 0.05) is 5.69 Å². The van der Waals surface area contributed by atoms with Gasteiger partial charge in [-0.2, -0.15) is 5.26 Å². The Morgan fingerprint density at radius 2 is 1.67 bits per heavy atom. The molecule has 7 nitrogen and oxygen atoms in total. The zero-order valence-corrected chi connectivity index (χ0v) is 19.3. The molecule has 0 fully saturated rings. The summed E-state index contributed by atoms with van der Waals surface area (Å²) in [5, 5.41) is 17.4. The molecule has 3 N–H and O–H groups in total. The van der Waals surface area contributed by atoms with Crippen molar-refractivity contribution >= 4 is 50.9 Å². The molecule has 0 aromatic heterocycles. The minimum absolute atomic E-state index is 0.101. The Hall–Kier alpha value is -3.35. The van der Waals surface area contributed by atoms with Crippen molar-refractivity contribution in [2.24, 2.45) is 5.14 Å². The zero-order valence-electron chi connectivity index (χ0n) is 17.0. The number of anilines is 1. The van der Waals surface area contributed by atoms with Crippen molar-refractivity contribution in [3.8, 4) is 11.8 Å². The van der Waals surface area contributed by atoms with Crippen LogP contribution in [-0.4, -0.2) is 14.3 Å². The molecule has 3 aromatic rings. The molecule has 1 amide bonds. The minimum Gasteiger partial charge on any atom is -0.486 e. The highest BCUT2D eigenvalue weighted by Gasteiger charge is 2.14. The Morgan fingerprint density at radius 3 is 2.21 bits per heavy atom. The monoisotopic (exact) mass is 501 g/mol. The van der Waals surface area contributed by atoms with Gasteiger partial charge in [0.2, 0.25) is 10.0 Å². The van der Waals surface area contributed by atoms with Crippen LogP contribution in [0.5, 0.6) is 5.75 Å². The summed E-state index contributed by atoms with van der Waals surface area (Å²) < 4.78 is 28.4. The molecule has 0 saturated heterocycles. The molecule has 0 aliphatic carbocycles. The van der Waals surface area contributed by atoms with Gasteiger partial charge in [-0.25, -0.2) is 13.6 Å². The molecule has 0 bridgehead atoms. The molecule has 3 aromatic carbocycles. The van der Waals surface area contributed by atoms with Gasteiger partial charge in [-0.1, -0.05) is 53.5 Å². The number of nitriles is 1. The number of ether oxygens (including phenoxy) is 1. The third-order valence-electron chi connectivity index (χ3n) is 4.36. The number of nitrogens with one attached hydrogen (secondary N) is 1. The number of benzene rings is 3. The number of nitrogens with two attached hydrogens (primary N) is 1. The largest absolute Gasteiger partial charge is 0.486 e. The smallest absolute Gasteiger partial charge is 0.266 e. The van der Waals surface area contributed by atoms with E-state index in [-0.39, 0.29) is 38.6 Å². The molecule has 0 aliphatic rings. The normalized spacial score (nSPS) is 11.5. The van der Waals surface area contributed by atoms with Gasteiger partial charge >= 0.3 is 0 Å². The molecule has 3 rings (SSSR count). The number of nitrogens with zero attached hydrogens (tertiary/aromatic N) is 1. The van der Waals surface area contributed by atoms with Crippen LogP contribution in [0, 0.1) is 11.3 Å². The minimum atomic E-state index is -3.85. The highest BCUT2D eigenvalue weighted by atomic mass is 35.5. The van der Waals surface area contributed by atoms with Crippen molar-refractivity contribution in [1.82, 2.24) is 0 Å². The molecule has 0 atom stereocenters. The number of sulfonamides is 1. The lowest BCUT2D eigenvalue weighted by molar-refractivity contribution is -0.112. The predicted molar refractivity (Wildman–Crippen MR) is 127 cm³/mol. The second kappa shape index (κ2) is 10.5. The molecule has 0 radical (unpaired) electrons. The lowest BCUT2D eigenvalue weighted by Crippen LogP contribution is -2.14. The molecule has 10 heteroatoms. The van der Waals surface area contributed by atoms with E-state index in [0.29, 0.717) is 5.56 Å². The van der Waals surface area contributed by atoms with Gasteiger partial charge in [0.25, 0.3) is 5.91 Å². The second-order valence-corrected chi connectivity index (χ2v) is 9.16. The lowest BCUT2D eigenvalue weighted by atomic mass is 10.1. The molecule has 0 heterocycles. The van der Waals surface area contributed by atoms with Crippen LogP contribution in [-0.2, 0) is 21.4 Å². The molecular formula is C23H17Cl2N3O4S. The number of carbonyl (C=O) groups is 1. The van der Waals surface area contributed by atoms with Crippen molar-refractivity contribution in [1.29, 1.82) is 5.26 Å². The Bertz CT molecular complexity index is 1330. The van der Waals surface area contributed by atoms with Gasteiger partial charge in [-0.15, -0.1) is 0 Å².